The van der Waals surface area contributed by atoms with Gasteiger partial charge in [0.15, 0.2) is 0 Å². The molecule has 2 aromatic rings. The maximum absolute atomic E-state index is 12.5. The molecular formula is C15H19N3O. The summed E-state index contributed by atoms with van der Waals surface area (Å²) >= 11 is 0. The van der Waals surface area contributed by atoms with Crippen molar-refractivity contribution in [1.82, 2.24) is 14.5 Å². The number of hydrogen-bond donors (Lipinski definition) is 0. The van der Waals surface area contributed by atoms with Crippen molar-refractivity contribution in [1.29, 1.82) is 0 Å². The molecule has 4 nitrogen and oxygen atoms in total. The molecule has 0 bridgehead atoms. The predicted molar refractivity (Wildman–Crippen MR) is 75.0 cm³/mol. The first-order valence-corrected chi connectivity index (χ1v) is 6.85. The van der Waals surface area contributed by atoms with Crippen LogP contribution in [0.4, 0.5) is 0 Å². The van der Waals surface area contributed by atoms with E-state index in [9.17, 15) is 4.79 Å². The summed E-state index contributed by atoms with van der Waals surface area (Å²) in [4.78, 5) is 18.7. The van der Waals surface area contributed by atoms with E-state index in [1.165, 1.54) is 0 Å². The minimum Gasteiger partial charge on any atom is -0.339 e. The van der Waals surface area contributed by atoms with E-state index in [0.717, 1.165) is 48.4 Å². The number of aromatic nitrogens is 2. The molecule has 4 heteroatoms. The lowest BCUT2D eigenvalue weighted by atomic mass is 9.98. The van der Waals surface area contributed by atoms with Crippen molar-refractivity contribution in [2.75, 3.05) is 13.1 Å². The topological polar surface area (TPSA) is 38.1 Å². The van der Waals surface area contributed by atoms with Crippen molar-refractivity contribution in [2.45, 2.75) is 19.8 Å². The highest BCUT2D eigenvalue weighted by molar-refractivity contribution is 5.97. The van der Waals surface area contributed by atoms with Crippen LogP contribution in [0, 0.1) is 5.92 Å². The summed E-state index contributed by atoms with van der Waals surface area (Å²) in [5.74, 6) is 0.888. The van der Waals surface area contributed by atoms with Gasteiger partial charge in [-0.05, 0) is 37.0 Å². The van der Waals surface area contributed by atoms with Crippen LogP contribution in [0.5, 0.6) is 0 Å². The molecule has 1 fully saturated rings. The standard InChI is InChI=1S/C15H19N3O/c1-11-5-7-18(8-6-11)15(19)12-3-4-13-14(9-12)17(2)10-16-13/h3-4,9-11H,5-8H2,1-2H3. The number of rotatable bonds is 1. The fourth-order valence-electron chi connectivity index (χ4n) is 2.65. The van der Waals surface area contributed by atoms with Gasteiger partial charge in [0.05, 0.1) is 17.4 Å². The Kier molecular flexibility index (Phi) is 3.01. The highest BCUT2D eigenvalue weighted by Crippen LogP contribution is 2.20. The van der Waals surface area contributed by atoms with Crippen LogP contribution in [0.15, 0.2) is 24.5 Å². The Morgan fingerprint density at radius 1 is 1.32 bits per heavy atom. The van der Waals surface area contributed by atoms with Gasteiger partial charge in [0.2, 0.25) is 0 Å². The summed E-state index contributed by atoms with van der Waals surface area (Å²) in [6.07, 6.45) is 4.00. The monoisotopic (exact) mass is 257 g/mol. The van der Waals surface area contributed by atoms with Crippen molar-refractivity contribution >= 4 is 16.9 Å². The second-order valence-electron chi connectivity index (χ2n) is 5.53. The minimum atomic E-state index is 0.148. The average molecular weight is 257 g/mol. The molecule has 0 unspecified atom stereocenters. The number of benzene rings is 1. The van der Waals surface area contributed by atoms with Crippen molar-refractivity contribution in [3.8, 4) is 0 Å². The molecule has 0 saturated carbocycles. The van der Waals surface area contributed by atoms with E-state index in [4.69, 9.17) is 0 Å². The predicted octanol–water partition coefficient (Wildman–Crippen LogP) is 2.45. The highest BCUT2D eigenvalue weighted by atomic mass is 16.2. The van der Waals surface area contributed by atoms with Crippen molar-refractivity contribution in [3.63, 3.8) is 0 Å². The first kappa shape index (κ1) is 12.2. The number of amides is 1. The van der Waals surface area contributed by atoms with Gasteiger partial charge in [0, 0.05) is 25.7 Å². The summed E-state index contributed by atoms with van der Waals surface area (Å²) in [5, 5.41) is 0. The smallest absolute Gasteiger partial charge is 0.253 e. The lowest BCUT2D eigenvalue weighted by Gasteiger charge is -2.30. The van der Waals surface area contributed by atoms with Gasteiger partial charge in [-0.25, -0.2) is 4.98 Å². The van der Waals surface area contributed by atoms with E-state index in [1.54, 1.807) is 6.33 Å². The fourth-order valence-corrected chi connectivity index (χ4v) is 2.65. The lowest BCUT2D eigenvalue weighted by Crippen LogP contribution is -2.37. The SMILES string of the molecule is CC1CCN(C(=O)c2ccc3ncn(C)c3c2)CC1. The number of nitrogens with zero attached hydrogens (tertiary/aromatic N) is 3. The Hall–Kier alpha value is -1.84. The molecule has 0 atom stereocenters. The number of fused-ring (bicyclic) bond motifs is 1. The van der Waals surface area contributed by atoms with Gasteiger partial charge in [0.25, 0.3) is 5.91 Å². The molecule has 19 heavy (non-hydrogen) atoms. The molecule has 0 aliphatic carbocycles. The molecule has 0 radical (unpaired) electrons. The minimum absolute atomic E-state index is 0.148. The summed E-state index contributed by atoms with van der Waals surface area (Å²) in [5.41, 5.74) is 2.72. The molecule has 2 heterocycles. The largest absolute Gasteiger partial charge is 0.339 e. The quantitative estimate of drug-likeness (QED) is 0.787. The van der Waals surface area contributed by atoms with Gasteiger partial charge in [-0.2, -0.15) is 0 Å². The zero-order valence-electron chi connectivity index (χ0n) is 11.5. The maximum atomic E-state index is 12.5. The molecule has 1 aliphatic heterocycles. The van der Waals surface area contributed by atoms with Gasteiger partial charge < -0.3 is 9.47 Å². The molecule has 1 saturated heterocycles. The summed E-state index contributed by atoms with van der Waals surface area (Å²) in [6.45, 7) is 4.01. The molecule has 1 aromatic carbocycles. The molecule has 1 aliphatic rings. The highest BCUT2D eigenvalue weighted by Gasteiger charge is 2.21. The fraction of sp³-hybridized carbons (Fsp3) is 0.467. The van der Waals surface area contributed by atoms with Gasteiger partial charge in [-0.1, -0.05) is 6.92 Å². The number of aryl methyl sites for hydroxylation is 1. The van der Waals surface area contributed by atoms with Crippen molar-refractivity contribution in [3.05, 3.63) is 30.1 Å². The molecular weight excluding hydrogens is 238 g/mol. The van der Waals surface area contributed by atoms with Gasteiger partial charge in [-0.3, -0.25) is 4.79 Å². The molecule has 1 amide bonds. The van der Waals surface area contributed by atoms with Crippen LogP contribution in [-0.4, -0.2) is 33.4 Å². The zero-order valence-corrected chi connectivity index (χ0v) is 11.5. The normalized spacial score (nSPS) is 17.1. The van der Waals surface area contributed by atoms with E-state index in [1.807, 2.05) is 34.7 Å². The van der Waals surface area contributed by atoms with E-state index in [0.29, 0.717) is 0 Å². The van der Waals surface area contributed by atoms with Crippen LogP contribution >= 0.6 is 0 Å². The van der Waals surface area contributed by atoms with Crippen LogP contribution in [0.3, 0.4) is 0 Å². The molecule has 3 rings (SSSR count). The summed E-state index contributed by atoms with van der Waals surface area (Å²) in [6, 6.07) is 5.76. The van der Waals surface area contributed by atoms with Gasteiger partial charge in [0.1, 0.15) is 0 Å². The number of imidazole rings is 1. The third-order valence-corrected chi connectivity index (χ3v) is 4.04. The second-order valence-corrected chi connectivity index (χ2v) is 5.53. The van der Waals surface area contributed by atoms with Crippen molar-refractivity contribution < 1.29 is 4.79 Å². The van der Waals surface area contributed by atoms with Crippen LogP contribution < -0.4 is 0 Å². The van der Waals surface area contributed by atoms with Crippen LogP contribution in [0.2, 0.25) is 0 Å². The first-order chi connectivity index (χ1) is 9.15. The first-order valence-electron chi connectivity index (χ1n) is 6.85. The number of carbonyl (C=O) groups is 1. The van der Waals surface area contributed by atoms with E-state index < -0.39 is 0 Å². The Bertz CT molecular complexity index is 609. The van der Waals surface area contributed by atoms with Crippen molar-refractivity contribution in [2.24, 2.45) is 13.0 Å². The van der Waals surface area contributed by atoms with Gasteiger partial charge >= 0.3 is 0 Å². The molecule has 0 spiro atoms. The van der Waals surface area contributed by atoms with E-state index >= 15 is 0 Å². The Morgan fingerprint density at radius 2 is 2.05 bits per heavy atom. The van der Waals surface area contributed by atoms with E-state index in [-0.39, 0.29) is 5.91 Å². The van der Waals surface area contributed by atoms with Gasteiger partial charge in [-0.15, -0.1) is 0 Å². The van der Waals surface area contributed by atoms with Crippen LogP contribution in [-0.2, 0) is 7.05 Å². The third kappa shape index (κ3) is 2.23. The summed E-state index contributed by atoms with van der Waals surface area (Å²) in [7, 11) is 1.95. The summed E-state index contributed by atoms with van der Waals surface area (Å²) < 4.78 is 1.95. The Balaban J connectivity index is 1.87. The van der Waals surface area contributed by atoms with E-state index in [2.05, 4.69) is 11.9 Å². The second kappa shape index (κ2) is 4.68. The number of piperidine rings is 1. The zero-order chi connectivity index (χ0) is 13.4. The average Bonchev–Trinajstić information content (AvgIpc) is 2.80. The number of likely N-dealkylation sites (tertiary alicyclic amines) is 1. The third-order valence-electron chi connectivity index (χ3n) is 4.04. The number of hydrogen-bond acceptors (Lipinski definition) is 2. The Morgan fingerprint density at radius 3 is 2.79 bits per heavy atom. The van der Waals surface area contributed by atoms with Crippen LogP contribution in [0.1, 0.15) is 30.1 Å². The lowest BCUT2D eigenvalue weighted by molar-refractivity contribution is 0.0697. The van der Waals surface area contributed by atoms with Crippen LogP contribution in [0.25, 0.3) is 11.0 Å². The molecule has 100 valence electrons. The molecule has 1 aromatic heterocycles. The Labute approximate surface area is 113 Å². The molecule has 0 N–H and O–H groups in total. The maximum Gasteiger partial charge on any atom is 0.253 e. The number of carbonyl (C=O) groups excluding carboxylic acids is 1.